The molecule has 0 radical (unpaired) electrons. The van der Waals surface area contributed by atoms with Crippen LogP contribution in [0.15, 0.2) is 29.2 Å². The van der Waals surface area contributed by atoms with Crippen molar-refractivity contribution in [1.82, 2.24) is 0 Å². The first-order chi connectivity index (χ1) is 10.0. The molecule has 0 heterocycles. The molecule has 0 spiro atoms. The fourth-order valence-corrected chi connectivity index (χ4v) is 2.75. The number of rotatable bonds is 7. The van der Waals surface area contributed by atoms with Crippen LogP contribution in [0.3, 0.4) is 0 Å². The second-order valence-electron chi connectivity index (χ2n) is 4.90. The fraction of sp³-hybridized carbons (Fsp3) is 0.438. The maximum absolute atomic E-state index is 11.3. The summed E-state index contributed by atoms with van der Waals surface area (Å²) in [6.07, 6.45) is 2.21. The Hall–Kier alpha value is -1.48. The van der Waals surface area contributed by atoms with E-state index in [1.807, 2.05) is 30.3 Å². The van der Waals surface area contributed by atoms with Gasteiger partial charge in [0.25, 0.3) is 4.91 Å². The van der Waals surface area contributed by atoms with Crippen molar-refractivity contribution >= 4 is 22.6 Å². The first-order valence-corrected chi connectivity index (χ1v) is 8.38. The monoisotopic (exact) mass is 305 g/mol. The van der Waals surface area contributed by atoms with Gasteiger partial charge >= 0.3 is 0 Å². The largest absolute Gasteiger partial charge is 0.593 e. The molecule has 1 atom stereocenters. The standard InChI is InChI=1S/C16H23N3OS/c1-4-10-19(11-5-2)15-8-6-14(7-9-15)13(3)16(12-17)21(18)20/h6-9H,4-5,10-11,18H2,1-3H3/b16-13+. The average Bonchev–Trinajstić information content (AvgIpc) is 2.47. The van der Waals surface area contributed by atoms with Gasteiger partial charge in [-0.15, -0.1) is 5.14 Å². The van der Waals surface area contributed by atoms with Crippen LogP contribution in [0.1, 0.15) is 39.2 Å². The van der Waals surface area contributed by atoms with Gasteiger partial charge in [-0.3, -0.25) is 0 Å². The highest BCUT2D eigenvalue weighted by Crippen LogP contribution is 2.24. The third-order valence-corrected chi connectivity index (χ3v) is 4.10. The first kappa shape index (κ1) is 17.6. The molecule has 0 saturated carbocycles. The van der Waals surface area contributed by atoms with E-state index in [1.54, 1.807) is 6.92 Å². The predicted molar refractivity (Wildman–Crippen MR) is 89.8 cm³/mol. The van der Waals surface area contributed by atoms with Crippen molar-refractivity contribution in [2.75, 3.05) is 18.0 Å². The molecule has 0 amide bonds. The minimum Gasteiger partial charge on any atom is -0.593 e. The van der Waals surface area contributed by atoms with Crippen LogP contribution in [0.2, 0.25) is 0 Å². The Morgan fingerprint density at radius 3 is 2.14 bits per heavy atom. The predicted octanol–water partition coefficient (Wildman–Crippen LogP) is 3.19. The number of nitriles is 1. The summed E-state index contributed by atoms with van der Waals surface area (Å²) < 4.78 is 11.3. The van der Waals surface area contributed by atoms with E-state index in [0.717, 1.165) is 31.5 Å². The van der Waals surface area contributed by atoms with E-state index in [2.05, 4.69) is 18.7 Å². The van der Waals surface area contributed by atoms with Crippen molar-refractivity contribution in [2.24, 2.45) is 5.14 Å². The van der Waals surface area contributed by atoms with E-state index in [0.29, 0.717) is 5.57 Å². The van der Waals surface area contributed by atoms with E-state index >= 15 is 0 Å². The van der Waals surface area contributed by atoms with Crippen molar-refractivity contribution in [2.45, 2.75) is 33.6 Å². The molecule has 1 aromatic carbocycles. The maximum atomic E-state index is 11.3. The third-order valence-electron chi connectivity index (χ3n) is 3.30. The minimum absolute atomic E-state index is 0.127. The molecular formula is C16H23N3OS. The van der Waals surface area contributed by atoms with Gasteiger partial charge in [-0.1, -0.05) is 26.0 Å². The van der Waals surface area contributed by atoms with Crippen LogP contribution in [0.4, 0.5) is 5.69 Å². The molecule has 0 aliphatic carbocycles. The van der Waals surface area contributed by atoms with Crippen LogP contribution in [-0.4, -0.2) is 17.6 Å². The second kappa shape index (κ2) is 8.73. The molecule has 5 heteroatoms. The average molecular weight is 305 g/mol. The highest BCUT2D eigenvalue weighted by molar-refractivity contribution is 7.93. The number of hydrogen-bond acceptors (Lipinski definition) is 4. The lowest BCUT2D eigenvalue weighted by Gasteiger charge is -2.24. The van der Waals surface area contributed by atoms with Crippen LogP contribution in [0.5, 0.6) is 0 Å². The number of anilines is 1. The quantitative estimate of drug-likeness (QED) is 0.620. The van der Waals surface area contributed by atoms with Gasteiger partial charge in [0.05, 0.1) is 11.4 Å². The Balaban J connectivity index is 3.04. The SMILES string of the molecule is CCCN(CCC)c1ccc(/C(C)=C(\C#N)[S+](N)[O-])cc1. The molecule has 1 aromatic rings. The van der Waals surface area contributed by atoms with Gasteiger partial charge in [0.15, 0.2) is 6.07 Å². The summed E-state index contributed by atoms with van der Waals surface area (Å²) in [5.41, 5.74) is 2.71. The molecule has 0 aromatic heterocycles. The molecule has 1 unspecified atom stereocenters. The van der Waals surface area contributed by atoms with Crippen LogP contribution in [-0.2, 0) is 11.4 Å². The second-order valence-corrected chi connectivity index (χ2v) is 5.90. The summed E-state index contributed by atoms with van der Waals surface area (Å²) in [6, 6.07) is 9.91. The number of nitrogens with two attached hydrogens (primary N) is 1. The van der Waals surface area contributed by atoms with Gasteiger partial charge in [-0.25, -0.2) is 0 Å². The lowest BCUT2D eigenvalue weighted by Crippen LogP contribution is -2.24. The Kier molecular flexibility index (Phi) is 7.30. The van der Waals surface area contributed by atoms with Crippen LogP contribution >= 0.6 is 0 Å². The summed E-state index contributed by atoms with van der Waals surface area (Å²) in [5, 5.41) is 14.3. The molecule has 4 nitrogen and oxygen atoms in total. The first-order valence-electron chi connectivity index (χ1n) is 7.17. The van der Waals surface area contributed by atoms with Crippen LogP contribution < -0.4 is 10.0 Å². The number of nitrogens with zero attached hydrogens (tertiary/aromatic N) is 2. The van der Waals surface area contributed by atoms with E-state index < -0.39 is 11.4 Å². The molecule has 0 saturated heterocycles. The molecule has 0 aliphatic heterocycles. The molecule has 0 fully saturated rings. The molecule has 2 N–H and O–H groups in total. The van der Waals surface area contributed by atoms with E-state index in [-0.39, 0.29) is 4.91 Å². The summed E-state index contributed by atoms with van der Waals surface area (Å²) in [6.45, 7) is 8.16. The molecule has 0 bridgehead atoms. The lowest BCUT2D eigenvalue weighted by atomic mass is 10.1. The maximum Gasteiger partial charge on any atom is 0.253 e. The normalized spacial score (nSPS) is 13.3. The van der Waals surface area contributed by atoms with Crippen LogP contribution in [0.25, 0.3) is 5.57 Å². The number of benzene rings is 1. The zero-order chi connectivity index (χ0) is 15.8. The summed E-state index contributed by atoms with van der Waals surface area (Å²) in [4.78, 5) is 2.47. The Bertz CT molecular complexity index is 511. The molecule has 114 valence electrons. The van der Waals surface area contributed by atoms with Crippen molar-refractivity contribution in [1.29, 1.82) is 5.26 Å². The Morgan fingerprint density at radius 1 is 1.24 bits per heavy atom. The van der Waals surface area contributed by atoms with Gasteiger partial charge in [0.2, 0.25) is 0 Å². The smallest absolute Gasteiger partial charge is 0.253 e. The molecule has 1 rings (SSSR count). The molecule has 0 aliphatic rings. The van der Waals surface area contributed by atoms with Crippen molar-refractivity contribution in [3.8, 4) is 6.07 Å². The fourth-order valence-electron chi connectivity index (χ4n) is 2.24. The van der Waals surface area contributed by atoms with Gasteiger partial charge in [0.1, 0.15) is 0 Å². The highest BCUT2D eigenvalue weighted by Gasteiger charge is 2.15. The van der Waals surface area contributed by atoms with Gasteiger partial charge in [0, 0.05) is 24.4 Å². The highest BCUT2D eigenvalue weighted by atomic mass is 32.2. The summed E-state index contributed by atoms with van der Waals surface area (Å²) >= 11 is -1.75. The Morgan fingerprint density at radius 2 is 1.76 bits per heavy atom. The number of hydrogen-bond donors (Lipinski definition) is 1. The molecule has 21 heavy (non-hydrogen) atoms. The minimum atomic E-state index is -1.75. The van der Waals surface area contributed by atoms with E-state index in [4.69, 9.17) is 10.4 Å². The van der Waals surface area contributed by atoms with Gasteiger partial charge in [-0.05, 0) is 37.5 Å². The van der Waals surface area contributed by atoms with Crippen molar-refractivity contribution in [3.63, 3.8) is 0 Å². The van der Waals surface area contributed by atoms with E-state index in [9.17, 15) is 4.55 Å². The third kappa shape index (κ3) is 4.78. The zero-order valence-corrected chi connectivity index (χ0v) is 13.7. The van der Waals surface area contributed by atoms with Crippen molar-refractivity contribution < 1.29 is 4.55 Å². The van der Waals surface area contributed by atoms with E-state index in [1.165, 1.54) is 5.69 Å². The molecular weight excluding hydrogens is 282 g/mol. The Labute approximate surface area is 130 Å². The van der Waals surface area contributed by atoms with Crippen LogP contribution in [0, 0.1) is 11.3 Å². The van der Waals surface area contributed by atoms with Gasteiger partial charge in [-0.2, -0.15) is 5.26 Å². The number of allylic oxidation sites excluding steroid dienone is 2. The van der Waals surface area contributed by atoms with Gasteiger partial charge < -0.3 is 9.45 Å². The summed E-state index contributed by atoms with van der Waals surface area (Å²) in [7, 11) is 0. The summed E-state index contributed by atoms with van der Waals surface area (Å²) in [5.74, 6) is 0. The zero-order valence-electron chi connectivity index (χ0n) is 12.9. The lowest BCUT2D eigenvalue weighted by molar-refractivity contribution is 0.604. The topological polar surface area (TPSA) is 76.1 Å². The van der Waals surface area contributed by atoms with Crippen molar-refractivity contribution in [3.05, 3.63) is 34.7 Å².